The Kier molecular flexibility index (Phi) is 5.32. The van der Waals surface area contributed by atoms with Crippen molar-refractivity contribution in [3.8, 4) is 0 Å². The summed E-state index contributed by atoms with van der Waals surface area (Å²) >= 11 is 11.3. The SMILES string of the molecule is COC(=O)c1ccccc1N(C)CC(Cl)=CCl. The highest BCUT2D eigenvalue weighted by Crippen LogP contribution is 2.21. The number of rotatable bonds is 4. The molecule has 0 aliphatic rings. The van der Waals surface area contributed by atoms with Crippen LogP contribution in [0.2, 0.25) is 0 Å². The molecule has 0 aliphatic heterocycles. The zero-order chi connectivity index (χ0) is 12.8. The second-order valence-corrected chi connectivity index (χ2v) is 4.12. The molecule has 1 aromatic rings. The zero-order valence-electron chi connectivity index (χ0n) is 9.61. The number of hydrogen-bond acceptors (Lipinski definition) is 3. The number of methoxy groups -OCH3 is 1. The fourth-order valence-corrected chi connectivity index (χ4v) is 1.68. The number of likely N-dealkylation sites (N-methyl/N-ethyl adjacent to an activating group) is 1. The van der Waals surface area contributed by atoms with Crippen LogP contribution >= 0.6 is 23.2 Å². The van der Waals surface area contributed by atoms with Crippen LogP contribution in [-0.2, 0) is 4.74 Å². The topological polar surface area (TPSA) is 29.5 Å². The Balaban J connectivity index is 3.00. The van der Waals surface area contributed by atoms with Crippen molar-refractivity contribution < 1.29 is 9.53 Å². The summed E-state index contributed by atoms with van der Waals surface area (Å²) in [5.41, 5.74) is 2.55. The molecule has 0 unspecified atom stereocenters. The van der Waals surface area contributed by atoms with Crippen LogP contribution in [0.15, 0.2) is 34.8 Å². The minimum atomic E-state index is -0.376. The van der Waals surface area contributed by atoms with Crippen LogP contribution < -0.4 is 4.90 Å². The Morgan fingerprint density at radius 1 is 1.47 bits per heavy atom. The van der Waals surface area contributed by atoms with Gasteiger partial charge in [-0.2, -0.15) is 0 Å². The molecule has 0 aliphatic carbocycles. The lowest BCUT2D eigenvalue weighted by Gasteiger charge is -2.21. The summed E-state index contributed by atoms with van der Waals surface area (Å²) in [5, 5.41) is 0.494. The van der Waals surface area contributed by atoms with E-state index in [-0.39, 0.29) is 5.97 Å². The van der Waals surface area contributed by atoms with E-state index in [9.17, 15) is 4.79 Å². The van der Waals surface area contributed by atoms with Crippen LogP contribution in [0, 0.1) is 0 Å². The van der Waals surface area contributed by atoms with E-state index in [4.69, 9.17) is 27.9 Å². The molecular weight excluding hydrogens is 261 g/mol. The van der Waals surface area contributed by atoms with Crippen molar-refractivity contribution in [1.29, 1.82) is 0 Å². The molecule has 0 aromatic heterocycles. The lowest BCUT2D eigenvalue weighted by molar-refractivity contribution is 0.0601. The number of benzene rings is 1. The highest BCUT2D eigenvalue weighted by molar-refractivity contribution is 6.36. The van der Waals surface area contributed by atoms with Gasteiger partial charge in [-0.15, -0.1) is 0 Å². The van der Waals surface area contributed by atoms with Crippen LogP contribution in [0.5, 0.6) is 0 Å². The smallest absolute Gasteiger partial charge is 0.339 e. The van der Waals surface area contributed by atoms with E-state index in [2.05, 4.69) is 0 Å². The van der Waals surface area contributed by atoms with Gasteiger partial charge in [0.1, 0.15) is 0 Å². The first-order chi connectivity index (χ1) is 8.10. The van der Waals surface area contributed by atoms with Gasteiger partial charge in [0, 0.05) is 17.6 Å². The van der Waals surface area contributed by atoms with Crippen molar-refractivity contribution in [3.05, 3.63) is 40.4 Å². The van der Waals surface area contributed by atoms with Crippen molar-refractivity contribution in [1.82, 2.24) is 0 Å². The zero-order valence-corrected chi connectivity index (χ0v) is 11.1. The first-order valence-electron chi connectivity index (χ1n) is 4.93. The molecule has 0 radical (unpaired) electrons. The van der Waals surface area contributed by atoms with Gasteiger partial charge in [0.15, 0.2) is 0 Å². The fraction of sp³-hybridized carbons (Fsp3) is 0.250. The van der Waals surface area contributed by atoms with Crippen LogP contribution in [-0.4, -0.2) is 26.7 Å². The monoisotopic (exact) mass is 273 g/mol. The van der Waals surface area contributed by atoms with E-state index < -0.39 is 0 Å². The second kappa shape index (κ2) is 6.52. The lowest BCUT2D eigenvalue weighted by atomic mass is 10.1. The highest BCUT2D eigenvalue weighted by atomic mass is 35.5. The minimum absolute atomic E-state index is 0.376. The van der Waals surface area contributed by atoms with Gasteiger partial charge >= 0.3 is 5.97 Å². The third kappa shape index (κ3) is 3.65. The molecule has 0 bridgehead atoms. The summed E-state index contributed by atoms with van der Waals surface area (Å²) in [4.78, 5) is 13.4. The van der Waals surface area contributed by atoms with Crippen molar-refractivity contribution >= 4 is 34.9 Å². The molecule has 0 saturated carbocycles. The van der Waals surface area contributed by atoms with Crippen molar-refractivity contribution in [3.63, 3.8) is 0 Å². The number of para-hydroxylation sites is 1. The number of ether oxygens (including phenoxy) is 1. The first-order valence-corrected chi connectivity index (χ1v) is 5.74. The van der Waals surface area contributed by atoms with Gasteiger partial charge in [-0.05, 0) is 12.1 Å². The molecule has 17 heavy (non-hydrogen) atoms. The average molecular weight is 274 g/mol. The van der Waals surface area contributed by atoms with Gasteiger partial charge in [-0.25, -0.2) is 4.79 Å². The van der Waals surface area contributed by atoms with Gasteiger partial charge < -0.3 is 9.64 Å². The summed E-state index contributed by atoms with van der Waals surface area (Å²) in [6.45, 7) is 0.430. The normalized spacial score (nSPS) is 11.2. The standard InChI is InChI=1S/C12H13Cl2NO2/c1-15(8-9(14)7-13)11-6-4-3-5-10(11)12(16)17-2/h3-7H,8H2,1-2H3. The predicted octanol–water partition coefficient (Wildman–Crippen LogP) is 3.23. The molecule has 92 valence electrons. The molecule has 0 fully saturated rings. The summed E-state index contributed by atoms with van der Waals surface area (Å²) in [6, 6.07) is 7.15. The molecule has 0 heterocycles. The molecule has 0 N–H and O–H groups in total. The van der Waals surface area contributed by atoms with Gasteiger partial charge in [0.05, 0.1) is 24.9 Å². The number of carbonyl (C=O) groups is 1. The maximum absolute atomic E-state index is 11.6. The summed E-state index contributed by atoms with van der Waals surface area (Å²) in [5.74, 6) is -0.376. The summed E-state index contributed by atoms with van der Waals surface area (Å²) < 4.78 is 4.72. The van der Waals surface area contributed by atoms with E-state index >= 15 is 0 Å². The number of halogens is 2. The molecule has 1 aromatic carbocycles. The number of carbonyl (C=O) groups excluding carboxylic acids is 1. The fourth-order valence-electron chi connectivity index (χ4n) is 1.44. The molecule has 5 heteroatoms. The molecule has 1 rings (SSSR count). The number of esters is 1. The molecule has 3 nitrogen and oxygen atoms in total. The van der Waals surface area contributed by atoms with Crippen molar-refractivity contribution in [2.75, 3.05) is 25.6 Å². The third-order valence-corrected chi connectivity index (χ3v) is 2.83. The van der Waals surface area contributed by atoms with Gasteiger partial charge in [0.2, 0.25) is 0 Å². The van der Waals surface area contributed by atoms with Crippen LogP contribution in [0.1, 0.15) is 10.4 Å². The van der Waals surface area contributed by atoms with Gasteiger partial charge in [-0.3, -0.25) is 0 Å². The lowest BCUT2D eigenvalue weighted by Crippen LogP contribution is -2.21. The van der Waals surface area contributed by atoms with Crippen LogP contribution in [0.3, 0.4) is 0 Å². The van der Waals surface area contributed by atoms with Crippen LogP contribution in [0.4, 0.5) is 5.69 Å². The summed E-state index contributed by atoms with van der Waals surface area (Å²) in [6.07, 6.45) is 0. The molecule has 0 amide bonds. The van der Waals surface area contributed by atoms with E-state index in [1.54, 1.807) is 12.1 Å². The van der Waals surface area contributed by atoms with E-state index in [0.717, 1.165) is 5.69 Å². The number of anilines is 1. The van der Waals surface area contributed by atoms with Crippen LogP contribution in [0.25, 0.3) is 0 Å². The number of hydrogen-bond donors (Lipinski definition) is 0. The summed E-state index contributed by atoms with van der Waals surface area (Å²) in [7, 11) is 3.18. The molecule has 0 spiro atoms. The van der Waals surface area contributed by atoms with Gasteiger partial charge in [0.25, 0.3) is 0 Å². The quantitative estimate of drug-likeness (QED) is 0.789. The Morgan fingerprint density at radius 3 is 2.71 bits per heavy atom. The Morgan fingerprint density at radius 2 is 2.12 bits per heavy atom. The van der Waals surface area contributed by atoms with Gasteiger partial charge in [-0.1, -0.05) is 35.3 Å². The maximum atomic E-state index is 11.6. The Bertz CT molecular complexity index is 432. The second-order valence-electron chi connectivity index (χ2n) is 3.42. The largest absolute Gasteiger partial charge is 0.465 e. The maximum Gasteiger partial charge on any atom is 0.339 e. The molecular formula is C12H13Cl2NO2. The first kappa shape index (κ1) is 13.9. The van der Waals surface area contributed by atoms with E-state index in [1.807, 2.05) is 24.1 Å². The minimum Gasteiger partial charge on any atom is -0.465 e. The number of nitrogens with zero attached hydrogens (tertiary/aromatic N) is 1. The average Bonchev–Trinajstić information content (AvgIpc) is 2.37. The Labute approximate surface area is 111 Å². The predicted molar refractivity (Wildman–Crippen MR) is 70.8 cm³/mol. The molecule has 0 atom stereocenters. The van der Waals surface area contributed by atoms with E-state index in [0.29, 0.717) is 17.1 Å². The third-order valence-electron chi connectivity index (χ3n) is 2.23. The van der Waals surface area contributed by atoms with Crippen molar-refractivity contribution in [2.24, 2.45) is 0 Å². The Hall–Kier alpha value is -1.19. The van der Waals surface area contributed by atoms with E-state index in [1.165, 1.54) is 12.6 Å². The highest BCUT2D eigenvalue weighted by Gasteiger charge is 2.14. The van der Waals surface area contributed by atoms with Crippen molar-refractivity contribution in [2.45, 2.75) is 0 Å². The molecule has 0 saturated heterocycles.